The second kappa shape index (κ2) is 6.87. The summed E-state index contributed by atoms with van der Waals surface area (Å²) in [5.41, 5.74) is 9.75. The van der Waals surface area contributed by atoms with Gasteiger partial charge in [0.05, 0.1) is 7.11 Å². The van der Waals surface area contributed by atoms with E-state index in [0.29, 0.717) is 5.92 Å². The third kappa shape index (κ3) is 4.21. The lowest BCUT2D eigenvalue weighted by atomic mass is 9.93. The summed E-state index contributed by atoms with van der Waals surface area (Å²) in [4.78, 5) is 0. The van der Waals surface area contributed by atoms with Crippen LogP contribution in [0.25, 0.3) is 0 Å². The maximum atomic E-state index is 5.86. The molecule has 0 aliphatic heterocycles. The molecule has 0 bridgehead atoms. The second-order valence-electron chi connectivity index (χ2n) is 4.86. The number of hydrogen-bond acceptors (Lipinski definition) is 2. The average molecular weight is 258 g/mol. The molecule has 17 heavy (non-hydrogen) atoms. The smallest absolute Gasteiger partial charge is 0.122 e. The summed E-state index contributed by atoms with van der Waals surface area (Å²) in [7, 11) is 1.72. The number of ether oxygens (including phenoxy) is 1. The summed E-state index contributed by atoms with van der Waals surface area (Å²) in [5.74, 6) is 1.50. The van der Waals surface area contributed by atoms with E-state index in [1.165, 1.54) is 16.7 Å². The summed E-state index contributed by atoms with van der Waals surface area (Å²) in [6, 6.07) is 4.52. The highest BCUT2D eigenvalue weighted by Crippen LogP contribution is 2.28. The molecule has 0 aromatic heterocycles. The summed E-state index contributed by atoms with van der Waals surface area (Å²) in [6.45, 7) is 8.58. The summed E-state index contributed by atoms with van der Waals surface area (Å²) < 4.78 is 5.41. The molecule has 2 nitrogen and oxygen atoms in total. The van der Waals surface area contributed by atoms with Gasteiger partial charge in [0.2, 0.25) is 0 Å². The lowest BCUT2D eigenvalue weighted by Crippen LogP contribution is -2.18. The highest BCUT2D eigenvalue weighted by atomic mass is 35.5. The lowest BCUT2D eigenvalue weighted by Gasteiger charge is -2.17. The van der Waals surface area contributed by atoms with Gasteiger partial charge in [-0.15, -0.1) is 12.4 Å². The molecule has 0 fully saturated rings. The van der Waals surface area contributed by atoms with Crippen LogP contribution in [0.1, 0.15) is 43.4 Å². The predicted molar refractivity (Wildman–Crippen MR) is 76.4 cm³/mol. The second-order valence-corrected chi connectivity index (χ2v) is 4.86. The van der Waals surface area contributed by atoms with Crippen LogP contribution < -0.4 is 10.5 Å². The number of hydrogen-bond donors (Lipinski definition) is 1. The third-order valence-corrected chi connectivity index (χ3v) is 2.83. The van der Waals surface area contributed by atoms with Crippen LogP contribution in [-0.4, -0.2) is 13.2 Å². The zero-order chi connectivity index (χ0) is 12.3. The third-order valence-electron chi connectivity index (χ3n) is 2.83. The van der Waals surface area contributed by atoms with Crippen LogP contribution in [0.4, 0.5) is 0 Å². The van der Waals surface area contributed by atoms with Crippen LogP contribution in [0.2, 0.25) is 0 Å². The molecule has 0 aliphatic rings. The fourth-order valence-electron chi connectivity index (χ4n) is 2.06. The number of nitrogens with two attached hydrogens (primary N) is 1. The van der Waals surface area contributed by atoms with E-state index in [0.717, 1.165) is 12.2 Å². The predicted octanol–water partition coefficient (Wildman–Crippen LogP) is 3.44. The summed E-state index contributed by atoms with van der Waals surface area (Å²) in [5, 5.41) is 0. The van der Waals surface area contributed by atoms with Crippen molar-refractivity contribution in [3.8, 4) is 5.75 Å². The van der Waals surface area contributed by atoms with E-state index in [9.17, 15) is 0 Å². The van der Waals surface area contributed by atoms with Crippen molar-refractivity contribution in [2.24, 2.45) is 5.73 Å². The Morgan fingerprint density at radius 2 is 1.82 bits per heavy atom. The molecular weight excluding hydrogens is 234 g/mol. The Hall–Kier alpha value is -0.730. The first-order chi connectivity index (χ1) is 7.45. The van der Waals surface area contributed by atoms with Crippen LogP contribution in [0, 0.1) is 6.92 Å². The van der Waals surface area contributed by atoms with Gasteiger partial charge in [-0.3, -0.25) is 0 Å². The number of rotatable bonds is 4. The molecular formula is C14H24ClNO. The van der Waals surface area contributed by atoms with Gasteiger partial charge in [0.25, 0.3) is 0 Å². The van der Waals surface area contributed by atoms with Crippen molar-refractivity contribution in [2.45, 2.75) is 46.1 Å². The minimum absolute atomic E-state index is 0. The molecule has 1 rings (SSSR count). The first-order valence-corrected chi connectivity index (χ1v) is 5.88. The summed E-state index contributed by atoms with van der Waals surface area (Å²) in [6.07, 6.45) is 0.864. The summed E-state index contributed by atoms with van der Waals surface area (Å²) >= 11 is 0. The Morgan fingerprint density at radius 1 is 1.24 bits per heavy atom. The molecule has 3 heteroatoms. The fourth-order valence-corrected chi connectivity index (χ4v) is 2.06. The molecule has 0 aliphatic carbocycles. The van der Waals surface area contributed by atoms with Crippen LogP contribution in [0.5, 0.6) is 5.75 Å². The molecule has 0 heterocycles. The van der Waals surface area contributed by atoms with Crippen LogP contribution in [0.15, 0.2) is 12.1 Å². The van der Waals surface area contributed by atoms with E-state index in [4.69, 9.17) is 10.5 Å². The standard InChI is InChI=1S/C14H23NO.ClH/c1-9(2)13-8-12(7-11(4)15)14(16-5)6-10(13)3;/h6,8-9,11H,7,15H2,1-5H3;1H. The maximum absolute atomic E-state index is 5.86. The number of halogens is 1. The van der Waals surface area contributed by atoms with E-state index < -0.39 is 0 Å². The average Bonchev–Trinajstić information content (AvgIpc) is 2.18. The van der Waals surface area contributed by atoms with E-state index >= 15 is 0 Å². The Morgan fingerprint density at radius 3 is 2.24 bits per heavy atom. The van der Waals surface area contributed by atoms with E-state index in [-0.39, 0.29) is 18.4 Å². The first-order valence-electron chi connectivity index (χ1n) is 5.88. The van der Waals surface area contributed by atoms with Crippen molar-refractivity contribution in [1.82, 2.24) is 0 Å². The van der Waals surface area contributed by atoms with Gasteiger partial charge in [-0.05, 0) is 48.9 Å². The molecule has 1 aromatic carbocycles. The highest BCUT2D eigenvalue weighted by molar-refractivity contribution is 5.85. The van der Waals surface area contributed by atoms with Crippen LogP contribution in [0.3, 0.4) is 0 Å². The molecule has 98 valence electrons. The van der Waals surface area contributed by atoms with Crippen molar-refractivity contribution in [2.75, 3.05) is 7.11 Å². The Kier molecular flexibility index (Phi) is 6.58. The highest BCUT2D eigenvalue weighted by Gasteiger charge is 2.11. The van der Waals surface area contributed by atoms with Gasteiger partial charge in [0.15, 0.2) is 0 Å². The largest absolute Gasteiger partial charge is 0.496 e. The Labute approximate surface area is 111 Å². The minimum Gasteiger partial charge on any atom is -0.496 e. The Balaban J connectivity index is 0.00000256. The van der Waals surface area contributed by atoms with Gasteiger partial charge >= 0.3 is 0 Å². The van der Waals surface area contributed by atoms with Gasteiger partial charge in [-0.2, -0.15) is 0 Å². The van der Waals surface area contributed by atoms with Crippen molar-refractivity contribution >= 4 is 12.4 Å². The van der Waals surface area contributed by atoms with Crippen molar-refractivity contribution < 1.29 is 4.74 Å². The molecule has 1 atom stereocenters. The van der Waals surface area contributed by atoms with E-state index in [1.54, 1.807) is 7.11 Å². The topological polar surface area (TPSA) is 35.2 Å². The zero-order valence-corrected chi connectivity index (χ0v) is 12.2. The monoisotopic (exact) mass is 257 g/mol. The fraction of sp³-hybridized carbons (Fsp3) is 0.571. The molecule has 0 saturated carbocycles. The van der Waals surface area contributed by atoms with E-state index in [2.05, 4.69) is 32.9 Å². The number of methoxy groups -OCH3 is 1. The van der Waals surface area contributed by atoms with Crippen molar-refractivity contribution in [3.05, 3.63) is 28.8 Å². The minimum atomic E-state index is 0. The first kappa shape index (κ1) is 16.3. The van der Waals surface area contributed by atoms with Crippen LogP contribution >= 0.6 is 12.4 Å². The van der Waals surface area contributed by atoms with E-state index in [1.807, 2.05) is 6.92 Å². The molecule has 0 amide bonds. The molecule has 0 radical (unpaired) electrons. The van der Waals surface area contributed by atoms with Gasteiger partial charge in [0, 0.05) is 6.04 Å². The molecule has 2 N–H and O–H groups in total. The van der Waals surface area contributed by atoms with Gasteiger partial charge < -0.3 is 10.5 Å². The molecule has 1 aromatic rings. The van der Waals surface area contributed by atoms with Gasteiger partial charge in [0.1, 0.15) is 5.75 Å². The van der Waals surface area contributed by atoms with Crippen LogP contribution in [-0.2, 0) is 6.42 Å². The van der Waals surface area contributed by atoms with Gasteiger partial charge in [-0.1, -0.05) is 19.9 Å². The number of benzene rings is 1. The SMILES string of the molecule is COc1cc(C)c(C(C)C)cc1CC(C)N.Cl. The van der Waals surface area contributed by atoms with Crippen molar-refractivity contribution in [3.63, 3.8) is 0 Å². The molecule has 0 saturated heterocycles. The molecule has 1 unspecified atom stereocenters. The normalized spacial score (nSPS) is 12.2. The lowest BCUT2D eigenvalue weighted by molar-refractivity contribution is 0.407. The quantitative estimate of drug-likeness (QED) is 0.897. The number of aryl methyl sites for hydroxylation is 1. The Bertz CT molecular complexity index is 361. The molecule has 0 spiro atoms. The van der Waals surface area contributed by atoms with Crippen molar-refractivity contribution in [1.29, 1.82) is 0 Å². The van der Waals surface area contributed by atoms with Gasteiger partial charge in [-0.25, -0.2) is 0 Å². The maximum Gasteiger partial charge on any atom is 0.122 e. The zero-order valence-electron chi connectivity index (χ0n) is 11.4.